The number of nitrogens with two attached hydrogens (primary N) is 1. The fraction of sp³-hybridized carbons (Fsp3) is 0.611. The van der Waals surface area contributed by atoms with Gasteiger partial charge in [-0.1, -0.05) is 12.1 Å². The second-order valence-corrected chi connectivity index (χ2v) is 6.26. The molecule has 0 spiro atoms. The van der Waals surface area contributed by atoms with Gasteiger partial charge in [0, 0.05) is 13.2 Å². The van der Waals surface area contributed by atoms with Crippen molar-refractivity contribution in [1.29, 1.82) is 0 Å². The fourth-order valence-corrected chi connectivity index (χ4v) is 3.11. The minimum Gasteiger partial charge on any atom is -0.497 e. The lowest BCUT2D eigenvalue weighted by Crippen LogP contribution is -2.41. The summed E-state index contributed by atoms with van der Waals surface area (Å²) in [7, 11) is 3.37. The summed E-state index contributed by atoms with van der Waals surface area (Å²) in [5.74, 6) is 1.34. The number of aliphatic imine (C=N–C) groups is 1. The van der Waals surface area contributed by atoms with Crippen LogP contribution in [0.5, 0.6) is 5.75 Å². The zero-order valence-corrected chi connectivity index (χ0v) is 17.7. The number of methoxy groups -OCH3 is 2. The molecule has 0 bridgehead atoms. The highest BCUT2D eigenvalue weighted by molar-refractivity contribution is 14.0. The van der Waals surface area contributed by atoms with Crippen LogP contribution >= 0.6 is 24.0 Å². The monoisotopic (exact) mass is 462 g/mol. The number of hydrogen-bond donors (Lipinski definition) is 2. The molecule has 3 N–H and O–H groups in total. The molecule has 1 aromatic carbocycles. The smallest absolute Gasteiger partial charge is 0.188 e. The number of nitrogens with one attached hydrogen (secondary N) is 1. The summed E-state index contributed by atoms with van der Waals surface area (Å²) in [4.78, 5) is 7.04. The number of nitrogens with zero attached hydrogens (tertiary/aromatic N) is 2. The van der Waals surface area contributed by atoms with Crippen molar-refractivity contribution in [2.75, 3.05) is 40.5 Å². The Bertz CT molecular complexity index is 536. The minimum absolute atomic E-state index is 0. The summed E-state index contributed by atoms with van der Waals surface area (Å²) >= 11 is 0. The Morgan fingerprint density at radius 1 is 1.32 bits per heavy atom. The largest absolute Gasteiger partial charge is 0.497 e. The van der Waals surface area contributed by atoms with Crippen LogP contribution in [0, 0.1) is 0 Å². The third-order valence-electron chi connectivity index (χ3n) is 4.31. The second kappa shape index (κ2) is 11.5. The van der Waals surface area contributed by atoms with Crippen LogP contribution in [-0.4, -0.2) is 57.4 Å². The molecule has 2 atom stereocenters. The first-order valence-corrected chi connectivity index (χ1v) is 8.57. The first-order valence-electron chi connectivity index (χ1n) is 8.57. The summed E-state index contributed by atoms with van der Waals surface area (Å²) < 4.78 is 10.5. The van der Waals surface area contributed by atoms with Gasteiger partial charge >= 0.3 is 0 Å². The van der Waals surface area contributed by atoms with Crippen molar-refractivity contribution in [2.24, 2.45) is 10.7 Å². The maximum atomic E-state index is 6.03. The van der Waals surface area contributed by atoms with E-state index in [0.29, 0.717) is 19.1 Å². The van der Waals surface area contributed by atoms with Crippen LogP contribution in [0.4, 0.5) is 0 Å². The van der Waals surface area contributed by atoms with Gasteiger partial charge in [0.05, 0.1) is 26.3 Å². The zero-order valence-electron chi connectivity index (χ0n) is 15.4. The number of benzene rings is 1. The highest BCUT2D eigenvalue weighted by atomic mass is 127. The quantitative estimate of drug-likeness (QED) is 0.353. The van der Waals surface area contributed by atoms with Crippen molar-refractivity contribution in [3.8, 4) is 5.75 Å². The van der Waals surface area contributed by atoms with E-state index in [1.807, 2.05) is 19.1 Å². The summed E-state index contributed by atoms with van der Waals surface area (Å²) in [6.07, 6.45) is 2.48. The molecule has 1 aliphatic heterocycles. The van der Waals surface area contributed by atoms with Crippen LogP contribution in [-0.2, 0) is 4.74 Å². The third kappa shape index (κ3) is 6.99. The number of hydrogen-bond acceptors (Lipinski definition) is 4. The Balaban J connectivity index is 0.00000312. The molecule has 1 aromatic rings. The van der Waals surface area contributed by atoms with E-state index in [1.165, 1.54) is 18.4 Å². The third-order valence-corrected chi connectivity index (χ3v) is 4.31. The molecule has 2 unspecified atom stereocenters. The molecule has 25 heavy (non-hydrogen) atoms. The Hall–Kier alpha value is -1.06. The van der Waals surface area contributed by atoms with E-state index < -0.39 is 0 Å². The number of rotatable bonds is 8. The lowest BCUT2D eigenvalue weighted by molar-refractivity contribution is 0.179. The predicted octanol–water partition coefficient (Wildman–Crippen LogP) is 2.39. The molecule has 1 aliphatic rings. The summed E-state index contributed by atoms with van der Waals surface area (Å²) in [5.41, 5.74) is 7.25. The van der Waals surface area contributed by atoms with Gasteiger partial charge in [-0.2, -0.15) is 0 Å². The topological polar surface area (TPSA) is 72.1 Å². The van der Waals surface area contributed by atoms with E-state index in [2.05, 4.69) is 27.3 Å². The molecule has 2 rings (SSSR count). The van der Waals surface area contributed by atoms with Crippen molar-refractivity contribution >= 4 is 29.9 Å². The van der Waals surface area contributed by atoms with Crippen molar-refractivity contribution in [1.82, 2.24) is 10.2 Å². The molecule has 142 valence electrons. The summed E-state index contributed by atoms with van der Waals surface area (Å²) in [5, 5.41) is 3.16. The maximum Gasteiger partial charge on any atom is 0.188 e. The number of halogens is 1. The lowest BCUT2D eigenvalue weighted by atomic mass is 10.1. The number of likely N-dealkylation sites (tertiary alicyclic amines) is 1. The molecule has 7 heteroatoms. The Labute approximate surface area is 168 Å². The van der Waals surface area contributed by atoms with E-state index >= 15 is 0 Å². The van der Waals surface area contributed by atoms with Crippen LogP contribution in [0.2, 0.25) is 0 Å². The predicted molar refractivity (Wildman–Crippen MR) is 113 cm³/mol. The standard InChI is InChI=1S/C18H30N4O2.HI/c1-14(13-23-2)21-18(19)20-12-17(22-9-4-5-10-22)15-7-6-8-16(11-15)24-3;/h6-8,11,14,17H,4-5,9-10,12-13H2,1-3H3,(H3,19,20,21);1H. The van der Waals surface area contributed by atoms with Crippen LogP contribution in [0.15, 0.2) is 29.3 Å². The van der Waals surface area contributed by atoms with Crippen molar-refractivity contribution in [2.45, 2.75) is 31.8 Å². The minimum atomic E-state index is 0. The van der Waals surface area contributed by atoms with Crippen LogP contribution < -0.4 is 15.8 Å². The van der Waals surface area contributed by atoms with Gasteiger partial charge in [-0.05, 0) is 50.6 Å². The molecule has 0 radical (unpaired) electrons. The average molecular weight is 462 g/mol. The van der Waals surface area contributed by atoms with Crippen LogP contribution in [0.1, 0.15) is 31.4 Å². The molecular formula is C18H31IN4O2. The van der Waals surface area contributed by atoms with E-state index in [0.717, 1.165) is 18.8 Å². The highest BCUT2D eigenvalue weighted by Gasteiger charge is 2.23. The van der Waals surface area contributed by atoms with E-state index in [-0.39, 0.29) is 36.1 Å². The van der Waals surface area contributed by atoms with Gasteiger partial charge in [0.2, 0.25) is 0 Å². The number of guanidine groups is 1. The molecule has 6 nitrogen and oxygen atoms in total. The zero-order chi connectivity index (χ0) is 17.4. The van der Waals surface area contributed by atoms with Gasteiger partial charge in [-0.3, -0.25) is 9.89 Å². The van der Waals surface area contributed by atoms with Gasteiger partial charge in [0.25, 0.3) is 0 Å². The Kier molecular flexibility index (Phi) is 10.1. The second-order valence-electron chi connectivity index (χ2n) is 6.26. The van der Waals surface area contributed by atoms with Gasteiger partial charge in [-0.15, -0.1) is 24.0 Å². The first-order chi connectivity index (χ1) is 11.6. The highest BCUT2D eigenvalue weighted by Crippen LogP contribution is 2.27. The van der Waals surface area contributed by atoms with Crippen molar-refractivity contribution in [3.05, 3.63) is 29.8 Å². The normalized spacial score (nSPS) is 17.6. The van der Waals surface area contributed by atoms with Crippen LogP contribution in [0.25, 0.3) is 0 Å². The molecule has 0 aromatic heterocycles. The Morgan fingerprint density at radius 3 is 2.68 bits per heavy atom. The molecule has 0 amide bonds. The molecule has 1 fully saturated rings. The fourth-order valence-electron chi connectivity index (χ4n) is 3.11. The van der Waals surface area contributed by atoms with Crippen molar-refractivity contribution < 1.29 is 9.47 Å². The van der Waals surface area contributed by atoms with Gasteiger partial charge in [-0.25, -0.2) is 0 Å². The molecule has 1 saturated heterocycles. The average Bonchev–Trinajstić information content (AvgIpc) is 3.09. The van der Waals surface area contributed by atoms with E-state index in [9.17, 15) is 0 Å². The summed E-state index contributed by atoms with van der Waals surface area (Å²) in [6.45, 7) is 5.45. The summed E-state index contributed by atoms with van der Waals surface area (Å²) in [6, 6.07) is 8.59. The lowest BCUT2D eigenvalue weighted by Gasteiger charge is -2.27. The molecular weight excluding hydrogens is 431 g/mol. The maximum absolute atomic E-state index is 6.03. The van der Waals surface area contributed by atoms with E-state index in [4.69, 9.17) is 15.2 Å². The van der Waals surface area contributed by atoms with E-state index in [1.54, 1.807) is 14.2 Å². The van der Waals surface area contributed by atoms with Gasteiger partial charge in [0.1, 0.15) is 5.75 Å². The van der Waals surface area contributed by atoms with Gasteiger partial charge in [0.15, 0.2) is 5.96 Å². The number of ether oxygens (including phenoxy) is 2. The molecule has 1 heterocycles. The molecule has 0 aliphatic carbocycles. The first kappa shape index (κ1) is 22.0. The van der Waals surface area contributed by atoms with Gasteiger partial charge < -0.3 is 20.5 Å². The van der Waals surface area contributed by atoms with Crippen LogP contribution in [0.3, 0.4) is 0 Å². The SMILES string of the molecule is COCC(C)NC(N)=NCC(c1cccc(OC)c1)N1CCCC1.I. The Morgan fingerprint density at radius 2 is 2.04 bits per heavy atom. The molecule has 0 saturated carbocycles. The van der Waals surface area contributed by atoms with Crippen molar-refractivity contribution in [3.63, 3.8) is 0 Å².